The number of rotatable bonds is 11. The van der Waals surface area contributed by atoms with Gasteiger partial charge in [-0.3, -0.25) is 4.98 Å². The highest BCUT2D eigenvalue weighted by Crippen LogP contribution is 2.26. The van der Waals surface area contributed by atoms with Crippen molar-refractivity contribution >= 4 is 22.3 Å². The Labute approximate surface area is 175 Å². The highest BCUT2D eigenvalue weighted by molar-refractivity contribution is 5.97. The number of fused-ring (bicyclic) bond motifs is 1. The van der Waals surface area contributed by atoms with E-state index in [2.05, 4.69) is 65.4 Å². The van der Waals surface area contributed by atoms with Crippen LogP contribution in [0.5, 0.6) is 0 Å². The summed E-state index contributed by atoms with van der Waals surface area (Å²) in [4.78, 5) is 6.99. The predicted molar refractivity (Wildman–Crippen MR) is 125 cm³/mol. The van der Waals surface area contributed by atoms with Gasteiger partial charge in [-0.15, -0.1) is 0 Å². The second-order valence-electron chi connectivity index (χ2n) is 7.81. The Morgan fingerprint density at radius 1 is 1.00 bits per heavy atom. The number of nitrogens with two attached hydrogens (primary N) is 1. The van der Waals surface area contributed by atoms with Gasteiger partial charge in [0.2, 0.25) is 0 Å². The first-order valence-corrected chi connectivity index (χ1v) is 10.8. The number of benzene rings is 2. The molecule has 3 rings (SSSR count). The third-order valence-electron chi connectivity index (χ3n) is 5.55. The Kier molecular flexibility index (Phi) is 7.88. The molecule has 154 valence electrons. The van der Waals surface area contributed by atoms with Gasteiger partial charge in [0.25, 0.3) is 0 Å². The largest absolute Gasteiger partial charge is 0.397 e. The first kappa shape index (κ1) is 21.1. The Morgan fingerprint density at radius 2 is 1.79 bits per heavy atom. The molecule has 1 unspecified atom stereocenters. The quantitative estimate of drug-likeness (QED) is 0.433. The van der Waals surface area contributed by atoms with Crippen LogP contribution in [0.4, 0.5) is 11.4 Å². The molecule has 0 aliphatic heterocycles. The minimum Gasteiger partial charge on any atom is -0.397 e. The first-order chi connectivity index (χ1) is 14.2. The van der Waals surface area contributed by atoms with Crippen LogP contribution in [0.3, 0.4) is 0 Å². The van der Waals surface area contributed by atoms with Gasteiger partial charge in [0.15, 0.2) is 0 Å². The number of anilines is 2. The van der Waals surface area contributed by atoms with Crippen LogP contribution in [-0.4, -0.2) is 35.6 Å². The van der Waals surface area contributed by atoms with Crippen molar-refractivity contribution in [2.24, 2.45) is 0 Å². The SMILES string of the molecule is CCN(CCCc1ccccc1)CCCC(C)Nc1ccnc2c(N)cccc12. The number of para-hydroxylation sites is 1. The summed E-state index contributed by atoms with van der Waals surface area (Å²) >= 11 is 0. The second kappa shape index (κ2) is 10.8. The summed E-state index contributed by atoms with van der Waals surface area (Å²) in [5.41, 5.74) is 10.2. The van der Waals surface area contributed by atoms with Crippen molar-refractivity contribution < 1.29 is 0 Å². The molecule has 1 aromatic heterocycles. The molecule has 4 nitrogen and oxygen atoms in total. The highest BCUT2D eigenvalue weighted by atomic mass is 15.1. The van der Waals surface area contributed by atoms with Gasteiger partial charge in [-0.1, -0.05) is 49.4 Å². The normalized spacial score (nSPS) is 12.4. The Hall–Kier alpha value is -2.59. The summed E-state index contributed by atoms with van der Waals surface area (Å²) in [6.45, 7) is 7.95. The van der Waals surface area contributed by atoms with Crippen molar-refractivity contribution in [3.8, 4) is 0 Å². The Balaban J connectivity index is 1.43. The molecule has 4 heteroatoms. The standard InChI is InChI=1S/C25H34N4/c1-3-29(19-9-13-21-11-5-4-6-12-21)18-8-10-20(2)28-24-16-17-27-25-22(24)14-7-15-23(25)26/h4-7,11-12,14-17,20H,3,8-10,13,18-19,26H2,1-2H3,(H,27,28). The number of hydrogen-bond acceptors (Lipinski definition) is 4. The van der Waals surface area contributed by atoms with E-state index in [9.17, 15) is 0 Å². The summed E-state index contributed by atoms with van der Waals surface area (Å²) in [5.74, 6) is 0. The molecule has 3 aromatic rings. The van der Waals surface area contributed by atoms with Crippen LogP contribution in [0.1, 0.15) is 38.7 Å². The van der Waals surface area contributed by atoms with Crippen molar-refractivity contribution in [1.82, 2.24) is 9.88 Å². The van der Waals surface area contributed by atoms with E-state index in [-0.39, 0.29) is 0 Å². The van der Waals surface area contributed by atoms with Gasteiger partial charge in [-0.25, -0.2) is 0 Å². The lowest BCUT2D eigenvalue weighted by atomic mass is 10.1. The maximum atomic E-state index is 6.07. The zero-order valence-corrected chi connectivity index (χ0v) is 17.8. The molecular formula is C25H34N4. The molecular weight excluding hydrogens is 356 g/mol. The fourth-order valence-corrected chi connectivity index (χ4v) is 3.86. The van der Waals surface area contributed by atoms with Gasteiger partial charge >= 0.3 is 0 Å². The maximum absolute atomic E-state index is 6.07. The van der Waals surface area contributed by atoms with Gasteiger partial charge in [-0.05, 0) is 69.9 Å². The average molecular weight is 391 g/mol. The minimum absolute atomic E-state index is 0.407. The van der Waals surface area contributed by atoms with Crippen molar-refractivity contribution in [2.45, 2.75) is 45.6 Å². The van der Waals surface area contributed by atoms with Crippen LogP contribution in [0.25, 0.3) is 10.9 Å². The van der Waals surface area contributed by atoms with E-state index < -0.39 is 0 Å². The number of hydrogen-bond donors (Lipinski definition) is 2. The van der Waals surface area contributed by atoms with Crippen LogP contribution >= 0.6 is 0 Å². The molecule has 3 N–H and O–H groups in total. The number of pyridine rings is 1. The van der Waals surface area contributed by atoms with Crippen LogP contribution in [-0.2, 0) is 6.42 Å². The molecule has 0 saturated carbocycles. The van der Waals surface area contributed by atoms with Crippen LogP contribution in [0.15, 0.2) is 60.8 Å². The molecule has 0 aliphatic rings. The van der Waals surface area contributed by atoms with E-state index in [4.69, 9.17) is 5.73 Å². The minimum atomic E-state index is 0.407. The molecule has 0 amide bonds. The lowest BCUT2D eigenvalue weighted by Gasteiger charge is -2.22. The van der Waals surface area contributed by atoms with E-state index >= 15 is 0 Å². The van der Waals surface area contributed by atoms with E-state index in [1.54, 1.807) is 0 Å². The Bertz CT molecular complexity index is 878. The second-order valence-corrected chi connectivity index (χ2v) is 7.81. The topological polar surface area (TPSA) is 54.2 Å². The zero-order valence-electron chi connectivity index (χ0n) is 17.8. The number of nitrogens with one attached hydrogen (secondary N) is 1. The fourth-order valence-electron chi connectivity index (χ4n) is 3.86. The molecule has 0 spiro atoms. The molecule has 0 saturated heterocycles. The maximum Gasteiger partial charge on any atom is 0.0951 e. The molecule has 29 heavy (non-hydrogen) atoms. The summed E-state index contributed by atoms with van der Waals surface area (Å²) in [6, 6.07) is 19.2. The lowest BCUT2D eigenvalue weighted by molar-refractivity contribution is 0.277. The van der Waals surface area contributed by atoms with Crippen molar-refractivity contribution in [2.75, 3.05) is 30.7 Å². The van der Waals surface area contributed by atoms with Crippen molar-refractivity contribution in [3.05, 3.63) is 66.4 Å². The molecule has 1 heterocycles. The summed E-state index contributed by atoms with van der Waals surface area (Å²) in [6.07, 6.45) is 6.54. The Morgan fingerprint density at radius 3 is 2.59 bits per heavy atom. The van der Waals surface area contributed by atoms with E-state index in [1.165, 1.54) is 24.9 Å². The van der Waals surface area contributed by atoms with Crippen LogP contribution < -0.4 is 11.1 Å². The third-order valence-corrected chi connectivity index (χ3v) is 5.55. The molecule has 0 radical (unpaired) electrons. The lowest BCUT2D eigenvalue weighted by Crippen LogP contribution is -2.27. The summed E-state index contributed by atoms with van der Waals surface area (Å²) < 4.78 is 0. The number of nitrogens with zero attached hydrogens (tertiary/aromatic N) is 2. The van der Waals surface area contributed by atoms with Crippen LogP contribution in [0, 0.1) is 0 Å². The van der Waals surface area contributed by atoms with Gasteiger partial charge in [-0.2, -0.15) is 0 Å². The monoisotopic (exact) mass is 390 g/mol. The van der Waals surface area contributed by atoms with E-state index in [0.717, 1.165) is 48.2 Å². The van der Waals surface area contributed by atoms with Crippen molar-refractivity contribution in [1.29, 1.82) is 0 Å². The van der Waals surface area contributed by atoms with Gasteiger partial charge in [0.05, 0.1) is 11.2 Å². The molecule has 0 fully saturated rings. The highest BCUT2D eigenvalue weighted by Gasteiger charge is 2.09. The molecule has 0 aliphatic carbocycles. The number of aryl methyl sites for hydroxylation is 1. The summed E-state index contributed by atoms with van der Waals surface area (Å²) in [5, 5.41) is 4.75. The summed E-state index contributed by atoms with van der Waals surface area (Å²) in [7, 11) is 0. The van der Waals surface area contributed by atoms with E-state index in [1.807, 2.05) is 24.4 Å². The van der Waals surface area contributed by atoms with Crippen LogP contribution in [0.2, 0.25) is 0 Å². The zero-order chi connectivity index (χ0) is 20.5. The van der Waals surface area contributed by atoms with Gasteiger partial charge in [0.1, 0.15) is 0 Å². The van der Waals surface area contributed by atoms with Gasteiger partial charge < -0.3 is 16.0 Å². The van der Waals surface area contributed by atoms with Gasteiger partial charge in [0, 0.05) is 23.3 Å². The fraction of sp³-hybridized carbons (Fsp3) is 0.400. The molecule has 2 aromatic carbocycles. The van der Waals surface area contributed by atoms with E-state index in [0.29, 0.717) is 6.04 Å². The molecule has 1 atom stereocenters. The third kappa shape index (κ3) is 6.20. The average Bonchev–Trinajstić information content (AvgIpc) is 2.74. The first-order valence-electron chi connectivity index (χ1n) is 10.8. The number of nitrogen functional groups attached to an aromatic ring is 1. The smallest absolute Gasteiger partial charge is 0.0951 e. The molecule has 0 bridgehead atoms. The predicted octanol–water partition coefficient (Wildman–Crippen LogP) is 5.35. The number of aromatic nitrogens is 1. The van der Waals surface area contributed by atoms with Crippen molar-refractivity contribution in [3.63, 3.8) is 0 Å².